The van der Waals surface area contributed by atoms with E-state index in [9.17, 15) is 4.79 Å². The monoisotopic (exact) mass is 198 g/mol. The molecule has 0 aromatic carbocycles. The first-order valence-corrected chi connectivity index (χ1v) is 4.42. The molecule has 0 bridgehead atoms. The van der Waals surface area contributed by atoms with Crippen molar-refractivity contribution in [3.63, 3.8) is 0 Å². The Hall–Kier alpha value is -1.36. The van der Waals surface area contributed by atoms with Crippen LogP contribution in [0.3, 0.4) is 0 Å². The molecule has 1 aromatic heterocycles. The molecule has 0 aliphatic carbocycles. The van der Waals surface area contributed by atoms with Crippen molar-refractivity contribution in [2.75, 3.05) is 13.7 Å². The Kier molecular flexibility index (Phi) is 4.71. The molecule has 0 aliphatic rings. The third-order valence-corrected chi connectivity index (χ3v) is 1.91. The van der Waals surface area contributed by atoms with Crippen LogP contribution >= 0.6 is 0 Å². The van der Waals surface area contributed by atoms with Gasteiger partial charge in [0.05, 0.1) is 6.20 Å². The third-order valence-electron chi connectivity index (χ3n) is 1.91. The van der Waals surface area contributed by atoms with Gasteiger partial charge in [-0.05, 0) is 5.56 Å². The Labute approximate surface area is 82.4 Å². The van der Waals surface area contributed by atoms with Gasteiger partial charge in [-0.25, -0.2) is 0 Å². The van der Waals surface area contributed by atoms with Crippen LogP contribution in [0.2, 0.25) is 0 Å². The molecule has 78 valence electrons. The molecule has 0 spiro atoms. The zero-order valence-corrected chi connectivity index (χ0v) is 8.10. The van der Waals surface area contributed by atoms with Gasteiger partial charge in [-0.1, -0.05) is 0 Å². The number of carbonyl (C=O) groups excluding carboxylic acids is 1. The van der Waals surface area contributed by atoms with Gasteiger partial charge in [0.2, 0.25) is 0 Å². The molecular weight excluding hydrogens is 184 g/mol. The van der Waals surface area contributed by atoms with Gasteiger partial charge < -0.3 is 9.47 Å². The van der Waals surface area contributed by atoms with Crippen LogP contribution in [0.4, 0.5) is 0 Å². The van der Waals surface area contributed by atoms with Crippen molar-refractivity contribution in [3.8, 4) is 0 Å². The molecule has 14 heavy (non-hydrogen) atoms. The minimum absolute atomic E-state index is 0.134. The van der Waals surface area contributed by atoms with Crippen molar-refractivity contribution in [1.29, 1.82) is 0 Å². The lowest BCUT2D eigenvalue weighted by Gasteiger charge is -2.13. The fourth-order valence-corrected chi connectivity index (χ4v) is 1.20. The van der Waals surface area contributed by atoms with E-state index in [1.54, 1.807) is 19.5 Å². The number of nitrogens with one attached hydrogen (secondary N) is 1. The highest BCUT2D eigenvalue weighted by molar-refractivity contribution is 5.37. The molecule has 1 rings (SSSR count). The maximum atomic E-state index is 10.2. The van der Waals surface area contributed by atoms with Gasteiger partial charge in [-0.2, -0.15) is 5.10 Å². The largest absolute Gasteiger partial charge is 0.464 e. The Bertz CT molecular complexity index is 249. The van der Waals surface area contributed by atoms with E-state index < -0.39 is 0 Å². The summed E-state index contributed by atoms with van der Waals surface area (Å²) in [4.78, 5) is 10.2. The molecule has 0 amide bonds. The minimum atomic E-state index is -0.134. The summed E-state index contributed by atoms with van der Waals surface area (Å²) < 4.78 is 9.83. The first-order chi connectivity index (χ1) is 6.86. The molecule has 0 saturated heterocycles. The summed E-state index contributed by atoms with van der Waals surface area (Å²) in [7, 11) is 1.62. The van der Waals surface area contributed by atoms with Gasteiger partial charge >= 0.3 is 0 Å². The van der Waals surface area contributed by atoms with Crippen LogP contribution in [0.1, 0.15) is 12.0 Å². The van der Waals surface area contributed by atoms with E-state index in [1.807, 2.05) is 0 Å². The summed E-state index contributed by atoms with van der Waals surface area (Å²) in [5, 5.41) is 6.52. The van der Waals surface area contributed by atoms with Gasteiger partial charge in [0.1, 0.15) is 6.10 Å². The predicted octanol–water partition coefficient (Wildman–Crippen LogP) is 0.530. The van der Waals surface area contributed by atoms with E-state index >= 15 is 0 Å². The molecule has 1 N–H and O–H groups in total. The van der Waals surface area contributed by atoms with Crippen molar-refractivity contribution in [2.45, 2.75) is 18.9 Å². The van der Waals surface area contributed by atoms with E-state index in [-0.39, 0.29) is 6.10 Å². The molecule has 5 heteroatoms. The van der Waals surface area contributed by atoms with Crippen LogP contribution in [-0.4, -0.2) is 36.5 Å². The smallest absolute Gasteiger partial charge is 0.293 e. The zero-order valence-electron chi connectivity index (χ0n) is 8.10. The topological polar surface area (TPSA) is 64.2 Å². The molecule has 0 fully saturated rings. The van der Waals surface area contributed by atoms with Gasteiger partial charge in [0, 0.05) is 32.8 Å². The Morgan fingerprint density at radius 1 is 1.71 bits per heavy atom. The number of carbonyl (C=O) groups is 1. The highest BCUT2D eigenvalue weighted by Crippen LogP contribution is 2.06. The van der Waals surface area contributed by atoms with E-state index in [2.05, 4.69) is 10.2 Å². The number of aromatic amines is 1. The molecule has 0 saturated carbocycles. The molecule has 1 aromatic rings. The minimum Gasteiger partial charge on any atom is -0.464 e. The Balaban J connectivity index is 2.38. The molecular formula is C9H14N2O3. The number of hydrogen-bond donors (Lipinski definition) is 1. The van der Waals surface area contributed by atoms with Crippen LogP contribution < -0.4 is 0 Å². The van der Waals surface area contributed by atoms with Crippen molar-refractivity contribution < 1.29 is 14.3 Å². The summed E-state index contributed by atoms with van der Waals surface area (Å²) >= 11 is 0. The van der Waals surface area contributed by atoms with E-state index in [0.29, 0.717) is 25.9 Å². The quantitative estimate of drug-likeness (QED) is 0.649. The lowest BCUT2D eigenvalue weighted by Crippen LogP contribution is -2.17. The van der Waals surface area contributed by atoms with Crippen LogP contribution in [-0.2, 0) is 20.7 Å². The van der Waals surface area contributed by atoms with E-state index in [1.165, 1.54) is 0 Å². The number of aromatic nitrogens is 2. The second-order valence-electron chi connectivity index (χ2n) is 2.95. The predicted molar refractivity (Wildman–Crippen MR) is 49.7 cm³/mol. The number of nitrogens with zero attached hydrogens (tertiary/aromatic N) is 1. The standard InChI is InChI=1S/C9H14N2O3/c1-13-3-2-9(14-7-12)4-8-5-10-11-6-8/h5-7,9H,2-4H2,1H3,(H,10,11). The number of ether oxygens (including phenoxy) is 2. The average Bonchev–Trinajstić information content (AvgIpc) is 2.67. The van der Waals surface area contributed by atoms with Crippen molar-refractivity contribution in [3.05, 3.63) is 18.0 Å². The number of hydrogen-bond acceptors (Lipinski definition) is 4. The van der Waals surface area contributed by atoms with Crippen molar-refractivity contribution in [2.24, 2.45) is 0 Å². The molecule has 1 atom stereocenters. The average molecular weight is 198 g/mol. The van der Waals surface area contributed by atoms with Gasteiger partial charge in [-0.15, -0.1) is 0 Å². The fourth-order valence-electron chi connectivity index (χ4n) is 1.20. The van der Waals surface area contributed by atoms with Crippen LogP contribution in [0.15, 0.2) is 12.4 Å². The van der Waals surface area contributed by atoms with Crippen LogP contribution in [0.25, 0.3) is 0 Å². The summed E-state index contributed by atoms with van der Waals surface area (Å²) in [5.41, 5.74) is 1.02. The summed E-state index contributed by atoms with van der Waals surface area (Å²) in [6.07, 6.45) is 4.73. The second kappa shape index (κ2) is 6.15. The first-order valence-electron chi connectivity index (χ1n) is 4.42. The molecule has 5 nitrogen and oxygen atoms in total. The van der Waals surface area contributed by atoms with Gasteiger partial charge in [-0.3, -0.25) is 9.89 Å². The van der Waals surface area contributed by atoms with E-state index in [4.69, 9.17) is 9.47 Å². The maximum absolute atomic E-state index is 10.2. The third kappa shape index (κ3) is 3.57. The van der Waals surface area contributed by atoms with Gasteiger partial charge in [0.15, 0.2) is 0 Å². The summed E-state index contributed by atoms with van der Waals surface area (Å²) in [6.45, 7) is 1.05. The number of rotatable bonds is 7. The van der Waals surface area contributed by atoms with Gasteiger partial charge in [0.25, 0.3) is 6.47 Å². The molecule has 0 radical (unpaired) electrons. The highest BCUT2D eigenvalue weighted by Gasteiger charge is 2.10. The molecule has 0 aliphatic heterocycles. The van der Waals surface area contributed by atoms with Crippen LogP contribution in [0, 0.1) is 0 Å². The van der Waals surface area contributed by atoms with Crippen LogP contribution in [0.5, 0.6) is 0 Å². The summed E-state index contributed by atoms with van der Waals surface area (Å²) in [6, 6.07) is 0. The SMILES string of the molecule is COCCC(Cc1cn[nH]c1)OC=O. The Morgan fingerprint density at radius 2 is 2.57 bits per heavy atom. The number of H-pyrrole nitrogens is 1. The number of methoxy groups -OCH3 is 1. The lowest BCUT2D eigenvalue weighted by molar-refractivity contribution is -0.134. The lowest BCUT2D eigenvalue weighted by atomic mass is 10.1. The maximum Gasteiger partial charge on any atom is 0.293 e. The second-order valence-corrected chi connectivity index (χ2v) is 2.95. The summed E-state index contributed by atoms with van der Waals surface area (Å²) in [5.74, 6) is 0. The fraction of sp³-hybridized carbons (Fsp3) is 0.556. The highest BCUT2D eigenvalue weighted by atomic mass is 16.5. The Morgan fingerprint density at radius 3 is 3.14 bits per heavy atom. The van der Waals surface area contributed by atoms with Crippen molar-refractivity contribution in [1.82, 2.24) is 10.2 Å². The molecule has 1 unspecified atom stereocenters. The molecule has 1 heterocycles. The first kappa shape index (κ1) is 10.7. The van der Waals surface area contributed by atoms with E-state index in [0.717, 1.165) is 5.56 Å². The van der Waals surface area contributed by atoms with Crippen molar-refractivity contribution >= 4 is 6.47 Å². The normalized spacial score (nSPS) is 12.4. The zero-order chi connectivity index (χ0) is 10.2.